The van der Waals surface area contributed by atoms with Crippen LogP contribution in [0.2, 0.25) is 5.02 Å². The van der Waals surface area contributed by atoms with E-state index < -0.39 is 0 Å². The predicted octanol–water partition coefficient (Wildman–Crippen LogP) is 4.49. The van der Waals surface area contributed by atoms with E-state index in [-0.39, 0.29) is 0 Å². The highest BCUT2D eigenvalue weighted by molar-refractivity contribution is 6.32. The largest absolute Gasteiger partial charge is 0.493 e. The molecule has 1 heterocycles. The number of pyridine rings is 1. The summed E-state index contributed by atoms with van der Waals surface area (Å²) in [6, 6.07) is 19.3. The normalized spacial score (nSPS) is 10.5. The van der Waals surface area contributed by atoms with Crippen molar-refractivity contribution in [3.8, 4) is 17.4 Å². The number of ether oxygens (including phenoxy) is 3. The van der Waals surface area contributed by atoms with Gasteiger partial charge in [0, 0.05) is 25.4 Å². The smallest absolute Gasteiger partial charge is 0.213 e. The maximum Gasteiger partial charge on any atom is 0.213 e. The quantitative estimate of drug-likeness (QED) is 0.510. The molecule has 1 aromatic heterocycles. The van der Waals surface area contributed by atoms with Gasteiger partial charge in [0.15, 0.2) is 11.5 Å². The molecule has 2 aromatic carbocycles. The highest BCUT2D eigenvalue weighted by Gasteiger charge is 2.12. The lowest BCUT2D eigenvalue weighted by molar-refractivity contribution is 0.284. The van der Waals surface area contributed by atoms with Gasteiger partial charge in [-0.15, -0.1) is 0 Å². The highest BCUT2D eigenvalue weighted by atomic mass is 35.5. The van der Waals surface area contributed by atoms with E-state index >= 15 is 0 Å². The molecule has 0 fully saturated rings. The maximum atomic E-state index is 6.43. The van der Waals surface area contributed by atoms with Gasteiger partial charge in [-0.05, 0) is 29.3 Å². The number of hydrogen-bond donors (Lipinski definition) is 1. The topological polar surface area (TPSA) is 52.6 Å². The number of rotatable bonds is 10. The second kappa shape index (κ2) is 10.5. The van der Waals surface area contributed by atoms with Crippen LogP contribution in [0.4, 0.5) is 0 Å². The fourth-order valence-electron chi connectivity index (χ4n) is 2.64. The molecule has 6 heteroatoms. The zero-order chi connectivity index (χ0) is 19.6. The number of aromatic nitrogens is 1. The Kier molecular flexibility index (Phi) is 7.53. The van der Waals surface area contributed by atoms with Gasteiger partial charge in [0.1, 0.15) is 13.2 Å². The van der Waals surface area contributed by atoms with E-state index in [0.717, 1.165) is 11.1 Å². The van der Waals surface area contributed by atoms with Gasteiger partial charge >= 0.3 is 0 Å². The van der Waals surface area contributed by atoms with E-state index in [4.69, 9.17) is 25.8 Å². The minimum absolute atomic E-state index is 0.430. The summed E-state index contributed by atoms with van der Waals surface area (Å²) in [5.41, 5.74) is 2.08. The number of halogens is 1. The monoisotopic (exact) mass is 398 g/mol. The Morgan fingerprint density at radius 1 is 0.964 bits per heavy atom. The maximum absolute atomic E-state index is 6.43. The van der Waals surface area contributed by atoms with Gasteiger partial charge in [0.05, 0.1) is 12.1 Å². The SMILES string of the molecule is COc1cc(CNCCOc2ccccn2)cc(Cl)c1OCc1ccccc1. The first-order valence-corrected chi connectivity index (χ1v) is 9.41. The molecular formula is C22H23ClN2O3. The van der Waals surface area contributed by atoms with E-state index in [1.165, 1.54) is 0 Å². The van der Waals surface area contributed by atoms with Crippen LogP contribution in [0.1, 0.15) is 11.1 Å². The van der Waals surface area contributed by atoms with Gasteiger partial charge in [-0.1, -0.05) is 48.0 Å². The van der Waals surface area contributed by atoms with Crippen molar-refractivity contribution in [2.24, 2.45) is 0 Å². The van der Waals surface area contributed by atoms with Gasteiger partial charge in [-0.25, -0.2) is 4.98 Å². The van der Waals surface area contributed by atoms with Crippen LogP contribution in [0.25, 0.3) is 0 Å². The second-order valence-electron chi connectivity index (χ2n) is 6.08. The highest BCUT2D eigenvalue weighted by Crippen LogP contribution is 2.37. The van der Waals surface area contributed by atoms with E-state index in [2.05, 4.69) is 10.3 Å². The third-order valence-corrected chi connectivity index (χ3v) is 4.29. The van der Waals surface area contributed by atoms with E-state index in [1.54, 1.807) is 13.3 Å². The van der Waals surface area contributed by atoms with Crippen molar-refractivity contribution in [2.45, 2.75) is 13.2 Å². The first-order chi connectivity index (χ1) is 13.8. The summed E-state index contributed by atoms with van der Waals surface area (Å²) in [4.78, 5) is 4.12. The van der Waals surface area contributed by atoms with Crippen molar-refractivity contribution >= 4 is 11.6 Å². The summed E-state index contributed by atoms with van der Waals surface area (Å²) in [6.45, 7) is 2.28. The molecule has 0 aliphatic heterocycles. The van der Waals surface area contributed by atoms with Crippen molar-refractivity contribution in [3.63, 3.8) is 0 Å². The molecule has 0 aliphatic rings. The lowest BCUT2D eigenvalue weighted by atomic mass is 10.2. The Balaban J connectivity index is 1.52. The molecule has 5 nitrogen and oxygen atoms in total. The van der Waals surface area contributed by atoms with Crippen LogP contribution in [0.15, 0.2) is 66.9 Å². The molecule has 0 spiro atoms. The van der Waals surface area contributed by atoms with Crippen molar-refractivity contribution in [1.82, 2.24) is 10.3 Å². The van der Waals surface area contributed by atoms with Crippen LogP contribution >= 0.6 is 11.6 Å². The molecule has 0 radical (unpaired) electrons. The molecule has 1 N–H and O–H groups in total. The molecular weight excluding hydrogens is 376 g/mol. The van der Waals surface area contributed by atoms with Crippen molar-refractivity contribution in [1.29, 1.82) is 0 Å². The summed E-state index contributed by atoms with van der Waals surface area (Å²) in [7, 11) is 1.61. The summed E-state index contributed by atoms with van der Waals surface area (Å²) in [5, 5.41) is 3.84. The molecule has 0 atom stereocenters. The zero-order valence-corrected chi connectivity index (χ0v) is 16.5. The van der Waals surface area contributed by atoms with Crippen molar-refractivity contribution < 1.29 is 14.2 Å². The van der Waals surface area contributed by atoms with Gasteiger partial charge in [0.25, 0.3) is 0 Å². The van der Waals surface area contributed by atoms with E-state index in [9.17, 15) is 0 Å². The minimum atomic E-state index is 0.430. The molecule has 0 aliphatic carbocycles. The Morgan fingerprint density at radius 3 is 2.54 bits per heavy atom. The molecule has 0 amide bonds. The lowest BCUT2D eigenvalue weighted by Gasteiger charge is -2.15. The molecule has 146 valence electrons. The molecule has 28 heavy (non-hydrogen) atoms. The molecule has 0 unspecified atom stereocenters. The summed E-state index contributed by atoms with van der Waals surface area (Å²) >= 11 is 6.43. The first-order valence-electron chi connectivity index (χ1n) is 9.04. The fraction of sp³-hybridized carbons (Fsp3) is 0.227. The first kappa shape index (κ1) is 20.0. The second-order valence-corrected chi connectivity index (χ2v) is 6.48. The van der Waals surface area contributed by atoms with Crippen molar-refractivity contribution in [3.05, 3.63) is 83.0 Å². The Morgan fingerprint density at radius 2 is 1.79 bits per heavy atom. The van der Waals surface area contributed by atoms with Crippen LogP contribution in [0.3, 0.4) is 0 Å². The third-order valence-electron chi connectivity index (χ3n) is 4.01. The Labute approximate surface area is 170 Å². The minimum Gasteiger partial charge on any atom is -0.493 e. The number of nitrogens with zero attached hydrogens (tertiary/aromatic N) is 1. The van der Waals surface area contributed by atoms with E-state index in [1.807, 2.05) is 60.7 Å². The van der Waals surface area contributed by atoms with Crippen LogP contribution in [0.5, 0.6) is 17.4 Å². The predicted molar refractivity (Wildman–Crippen MR) is 110 cm³/mol. The third kappa shape index (κ3) is 5.87. The Hall–Kier alpha value is -2.76. The molecule has 3 rings (SSSR count). The van der Waals surface area contributed by atoms with Crippen molar-refractivity contribution in [2.75, 3.05) is 20.3 Å². The van der Waals surface area contributed by atoms with Gasteiger partial charge in [0.2, 0.25) is 5.88 Å². The number of methoxy groups -OCH3 is 1. The molecule has 3 aromatic rings. The average Bonchev–Trinajstić information content (AvgIpc) is 2.74. The summed E-state index contributed by atoms with van der Waals surface area (Å²) < 4.78 is 16.9. The lowest BCUT2D eigenvalue weighted by Crippen LogP contribution is -2.20. The van der Waals surface area contributed by atoms with Gasteiger partial charge < -0.3 is 19.5 Å². The molecule has 0 saturated carbocycles. The fourth-order valence-corrected chi connectivity index (χ4v) is 2.93. The van der Waals surface area contributed by atoms with Crippen LogP contribution in [-0.2, 0) is 13.2 Å². The molecule has 0 saturated heterocycles. The van der Waals surface area contributed by atoms with Crippen LogP contribution < -0.4 is 19.5 Å². The summed E-state index contributed by atoms with van der Waals surface area (Å²) in [5.74, 6) is 1.79. The number of hydrogen-bond acceptors (Lipinski definition) is 5. The Bertz CT molecular complexity index is 860. The van der Waals surface area contributed by atoms with Gasteiger partial charge in [-0.2, -0.15) is 0 Å². The zero-order valence-electron chi connectivity index (χ0n) is 15.7. The van der Waals surface area contributed by atoms with Crippen LogP contribution in [0, 0.1) is 0 Å². The molecule has 0 bridgehead atoms. The average molecular weight is 399 g/mol. The number of benzene rings is 2. The number of nitrogens with one attached hydrogen (secondary N) is 1. The van der Waals surface area contributed by atoms with Gasteiger partial charge in [-0.3, -0.25) is 0 Å². The standard InChI is InChI=1S/C22H23ClN2O3/c1-26-20-14-18(15-24-11-12-27-21-9-5-6-10-25-21)13-19(23)22(20)28-16-17-7-3-2-4-8-17/h2-10,13-14,24H,11-12,15-16H2,1H3. The summed E-state index contributed by atoms with van der Waals surface area (Å²) in [6.07, 6.45) is 1.71. The van der Waals surface area contributed by atoms with Crippen LogP contribution in [-0.4, -0.2) is 25.2 Å². The van der Waals surface area contributed by atoms with E-state index in [0.29, 0.717) is 48.7 Å².